The maximum absolute atomic E-state index is 13.9. The molecule has 4 N–H and O–H groups in total. The second-order valence-electron chi connectivity index (χ2n) is 14.1. The van der Waals surface area contributed by atoms with Gasteiger partial charge >= 0.3 is 10.4 Å². The van der Waals surface area contributed by atoms with E-state index in [2.05, 4.69) is 41.1 Å². The fourth-order valence-electron chi connectivity index (χ4n) is 7.47. The third-order valence-electron chi connectivity index (χ3n) is 10.1. The predicted molar refractivity (Wildman–Crippen MR) is 206 cm³/mol. The second kappa shape index (κ2) is 17.9. The lowest BCUT2D eigenvalue weighted by Gasteiger charge is -2.41. The summed E-state index contributed by atoms with van der Waals surface area (Å²) in [5.41, 5.74) is 4.90. The van der Waals surface area contributed by atoms with Crippen LogP contribution in [0.1, 0.15) is 62.3 Å². The molecule has 0 bridgehead atoms. The lowest BCUT2D eigenvalue weighted by molar-refractivity contribution is -0.135. The van der Waals surface area contributed by atoms with Crippen LogP contribution < -0.4 is 19.3 Å². The van der Waals surface area contributed by atoms with E-state index in [0.717, 1.165) is 60.5 Å². The van der Waals surface area contributed by atoms with E-state index in [4.69, 9.17) is 38.6 Å². The first-order valence-corrected chi connectivity index (χ1v) is 19.3. The summed E-state index contributed by atoms with van der Waals surface area (Å²) in [5.74, 6) is 2.17. The Morgan fingerprint density at radius 2 is 1.55 bits per heavy atom. The summed E-state index contributed by atoms with van der Waals surface area (Å²) in [6.07, 6.45) is 4.88. The maximum atomic E-state index is 13.9. The van der Waals surface area contributed by atoms with Crippen LogP contribution in [-0.2, 0) is 26.4 Å². The Kier molecular flexibility index (Phi) is 14.2. The summed E-state index contributed by atoms with van der Waals surface area (Å²) >= 11 is 6.29. The zero-order valence-electron chi connectivity index (χ0n) is 30.9. The minimum Gasteiger partial charge on any atom is -0.493 e. The number of carbonyl (C=O) groups excluding carboxylic acids is 2. The van der Waals surface area contributed by atoms with Crippen molar-refractivity contribution in [3.63, 3.8) is 0 Å². The molecule has 15 heteroatoms. The molecule has 53 heavy (non-hydrogen) atoms. The number of piperazine rings is 1. The van der Waals surface area contributed by atoms with Crippen LogP contribution in [0, 0.1) is 5.92 Å². The van der Waals surface area contributed by atoms with E-state index in [1.165, 1.54) is 12.8 Å². The van der Waals surface area contributed by atoms with Gasteiger partial charge in [0.15, 0.2) is 11.5 Å². The van der Waals surface area contributed by atoms with Gasteiger partial charge in [-0.3, -0.25) is 23.6 Å². The quantitative estimate of drug-likeness (QED) is 0.279. The summed E-state index contributed by atoms with van der Waals surface area (Å²) in [6, 6.07) is 20.3. The molecule has 3 aromatic rings. The van der Waals surface area contributed by atoms with Gasteiger partial charge in [0.1, 0.15) is 0 Å². The molecule has 1 saturated carbocycles. The molecule has 0 unspecified atom stereocenters. The van der Waals surface area contributed by atoms with E-state index in [1.54, 1.807) is 7.11 Å². The predicted octanol–water partition coefficient (Wildman–Crippen LogP) is 5.11. The third kappa shape index (κ3) is 10.8. The van der Waals surface area contributed by atoms with E-state index >= 15 is 0 Å². The van der Waals surface area contributed by atoms with E-state index in [1.807, 2.05) is 67.1 Å². The average molecular weight is 775 g/mol. The number of amides is 2. The number of likely N-dealkylation sites (N-methyl/N-ethyl adjacent to an activating group) is 1. The number of ether oxygens (including phenoxy) is 2. The van der Waals surface area contributed by atoms with Crippen molar-refractivity contribution in [1.82, 2.24) is 9.80 Å². The molecule has 2 amide bonds. The van der Waals surface area contributed by atoms with Crippen molar-refractivity contribution in [2.24, 2.45) is 5.92 Å². The third-order valence-corrected chi connectivity index (χ3v) is 10.3. The summed E-state index contributed by atoms with van der Waals surface area (Å²) in [6.45, 7) is 7.34. The summed E-state index contributed by atoms with van der Waals surface area (Å²) < 4.78 is 43.4. The molecular formula is C38H51ClN4O9S. The van der Waals surface area contributed by atoms with E-state index < -0.39 is 10.4 Å². The highest BCUT2D eigenvalue weighted by Gasteiger charge is 2.36. The molecule has 0 radical (unpaired) electrons. The van der Waals surface area contributed by atoms with E-state index in [0.29, 0.717) is 35.0 Å². The molecule has 1 atom stereocenters. The Balaban J connectivity index is 0.000000980. The molecule has 1 saturated heterocycles. The molecule has 1 aliphatic carbocycles. The average Bonchev–Trinajstić information content (AvgIpc) is 3.09. The first-order valence-electron chi connectivity index (χ1n) is 17.5. The smallest absolute Gasteiger partial charge is 0.394 e. The Bertz CT molecular complexity index is 1810. The van der Waals surface area contributed by atoms with Crippen molar-refractivity contribution in [3.05, 3.63) is 82.4 Å². The highest BCUT2D eigenvalue weighted by molar-refractivity contribution is 7.79. The minimum absolute atomic E-state index is 0. The van der Waals surface area contributed by atoms with Gasteiger partial charge in [-0.25, -0.2) is 0 Å². The lowest BCUT2D eigenvalue weighted by Crippen LogP contribution is -2.53. The minimum atomic E-state index is -4.67. The standard InChI is InChI=1S/C38H47ClN4O4.H2O4S.H2O/c1-25(2)47-35-22-33-28(20-34(35)46-5)21-36(44)43(38(33)27-8-10-29(39)11-9-27)32-16-14-30(15-17-32)41(4)23-26-6-12-31(13-7-26)42-19-18-40(3)37(45)24-42;1-5(2,3)4;/h8-11,14-17,20,22,25-26,31,38H,6-7,12-13,18-19,21,23-24H2,1-5H3;(H2,1,2,3,4);1H2/t26?,31?,38-;;/m0../s1. The first-order chi connectivity index (χ1) is 24.6. The van der Waals surface area contributed by atoms with E-state index in [9.17, 15) is 9.59 Å². The molecule has 2 heterocycles. The van der Waals surface area contributed by atoms with Crippen LogP contribution in [0.4, 0.5) is 11.4 Å². The highest BCUT2D eigenvalue weighted by Crippen LogP contribution is 2.44. The molecule has 290 valence electrons. The molecule has 0 aromatic heterocycles. The topological polar surface area (TPSA) is 172 Å². The molecule has 6 rings (SSSR count). The van der Waals surface area contributed by atoms with Crippen LogP contribution in [0.25, 0.3) is 0 Å². The Morgan fingerprint density at radius 1 is 0.925 bits per heavy atom. The van der Waals surface area contributed by atoms with Gasteiger partial charge in [-0.15, -0.1) is 0 Å². The van der Waals surface area contributed by atoms with Gasteiger partial charge in [0.2, 0.25) is 11.8 Å². The van der Waals surface area contributed by atoms with Crippen LogP contribution in [0.2, 0.25) is 5.02 Å². The number of benzene rings is 3. The van der Waals surface area contributed by atoms with Crippen LogP contribution in [0.5, 0.6) is 11.5 Å². The number of rotatable bonds is 9. The van der Waals surface area contributed by atoms with Gasteiger partial charge in [-0.1, -0.05) is 23.7 Å². The Labute approximate surface area is 317 Å². The van der Waals surface area contributed by atoms with Gasteiger partial charge in [-0.05, 0) is 111 Å². The fourth-order valence-corrected chi connectivity index (χ4v) is 7.60. The van der Waals surface area contributed by atoms with Gasteiger partial charge in [0.25, 0.3) is 0 Å². The zero-order valence-corrected chi connectivity index (χ0v) is 32.4. The molecule has 3 aliphatic rings. The van der Waals surface area contributed by atoms with Crippen LogP contribution in [0.15, 0.2) is 60.7 Å². The van der Waals surface area contributed by atoms with Gasteiger partial charge in [0.05, 0.1) is 32.2 Å². The van der Waals surface area contributed by atoms with Crippen molar-refractivity contribution in [3.8, 4) is 11.5 Å². The molecule has 3 aromatic carbocycles. The number of hydrogen-bond donors (Lipinski definition) is 2. The summed E-state index contributed by atoms with van der Waals surface area (Å²) in [5, 5.41) is 0.650. The molecule has 13 nitrogen and oxygen atoms in total. The van der Waals surface area contributed by atoms with Gasteiger partial charge < -0.3 is 29.6 Å². The number of anilines is 2. The largest absolute Gasteiger partial charge is 0.493 e. The summed E-state index contributed by atoms with van der Waals surface area (Å²) in [7, 11) is 1.02. The number of fused-ring (bicyclic) bond motifs is 1. The monoisotopic (exact) mass is 774 g/mol. The lowest BCUT2D eigenvalue weighted by atomic mass is 9.84. The molecule has 2 fully saturated rings. The number of methoxy groups -OCH3 is 1. The second-order valence-corrected chi connectivity index (χ2v) is 15.4. The van der Waals surface area contributed by atoms with Crippen molar-refractivity contribution >= 4 is 45.2 Å². The normalized spacial score (nSPS) is 20.6. The highest BCUT2D eigenvalue weighted by atomic mass is 35.5. The Hall–Kier alpha value is -3.92. The van der Waals surface area contributed by atoms with Gasteiger partial charge in [-0.2, -0.15) is 8.42 Å². The number of nitrogens with zero attached hydrogens (tertiary/aromatic N) is 4. The SMILES string of the molecule is COc1cc2c(cc1OC(C)C)[C@H](c1ccc(Cl)cc1)N(c1ccc(N(C)CC3CCC(N4CCN(C)C(=O)C4)CC3)cc1)C(=O)C2.O.O=S(=O)(O)O. The van der Waals surface area contributed by atoms with Crippen LogP contribution in [0.3, 0.4) is 0 Å². The van der Waals surface area contributed by atoms with Gasteiger partial charge in [0, 0.05) is 56.2 Å². The van der Waals surface area contributed by atoms with E-state index in [-0.39, 0.29) is 35.9 Å². The molecular weight excluding hydrogens is 724 g/mol. The van der Waals surface area contributed by atoms with Crippen LogP contribution >= 0.6 is 11.6 Å². The number of carbonyl (C=O) groups is 2. The van der Waals surface area contributed by atoms with Crippen molar-refractivity contribution in [2.75, 3.05) is 57.2 Å². The summed E-state index contributed by atoms with van der Waals surface area (Å²) in [4.78, 5) is 34.6. The van der Waals surface area contributed by atoms with Crippen molar-refractivity contribution in [2.45, 2.75) is 64.1 Å². The van der Waals surface area contributed by atoms with Crippen LogP contribution in [-0.4, -0.2) is 104 Å². The maximum Gasteiger partial charge on any atom is 0.394 e. The molecule has 2 aliphatic heterocycles. The van der Waals surface area contributed by atoms with Crippen molar-refractivity contribution in [1.29, 1.82) is 0 Å². The number of hydrogen-bond acceptors (Lipinski definition) is 8. The fraction of sp³-hybridized carbons (Fsp3) is 0.474. The molecule has 0 spiro atoms. The Morgan fingerprint density at radius 3 is 2.11 bits per heavy atom. The van der Waals surface area contributed by atoms with Crippen molar-refractivity contribution < 1.29 is 42.1 Å². The zero-order chi connectivity index (χ0) is 37.7. The number of halogens is 1. The first kappa shape index (κ1) is 41.8.